The third-order valence-corrected chi connectivity index (χ3v) is 4.19. The first-order valence-electron chi connectivity index (χ1n) is 5.88. The van der Waals surface area contributed by atoms with Gasteiger partial charge >= 0.3 is 5.22 Å². The predicted molar refractivity (Wildman–Crippen MR) is 73.8 cm³/mol. The van der Waals surface area contributed by atoms with E-state index >= 15 is 0 Å². The molecule has 0 radical (unpaired) electrons. The van der Waals surface area contributed by atoms with E-state index in [1.807, 2.05) is 0 Å². The molecule has 8 heteroatoms. The second-order valence-corrected chi connectivity index (χ2v) is 6.55. The van der Waals surface area contributed by atoms with Crippen LogP contribution in [-0.4, -0.2) is 44.1 Å². The minimum Gasteiger partial charge on any atom is -0.428 e. The van der Waals surface area contributed by atoms with Gasteiger partial charge in [-0.1, -0.05) is 0 Å². The molecule has 108 valence electrons. The Hall–Kier alpha value is -2.09. The van der Waals surface area contributed by atoms with Gasteiger partial charge in [0.1, 0.15) is 5.52 Å². The maximum atomic E-state index is 12.1. The van der Waals surface area contributed by atoms with Crippen LogP contribution in [0.5, 0.6) is 0 Å². The zero-order chi connectivity index (χ0) is 14.9. The van der Waals surface area contributed by atoms with Gasteiger partial charge in [-0.3, -0.25) is 4.79 Å². The number of rotatable bonds is 4. The number of nitrogen functional groups attached to an aromatic ring is 1. The van der Waals surface area contributed by atoms with Crippen molar-refractivity contribution in [3.63, 3.8) is 0 Å². The van der Waals surface area contributed by atoms with E-state index in [9.17, 15) is 13.2 Å². The monoisotopic (exact) mass is 297 g/mol. The van der Waals surface area contributed by atoms with Crippen LogP contribution in [0.15, 0.2) is 27.8 Å². The standard InChI is InChI=1S/C12H15N3O4S/c1-15(2)11(16)5-6-20(17,18)12-14-9-7-8(13)3-4-10(9)19-12/h3-4,7H,5-6,13H2,1-2H3. The lowest BCUT2D eigenvalue weighted by Gasteiger charge is -2.08. The summed E-state index contributed by atoms with van der Waals surface area (Å²) in [6.45, 7) is 0. The number of oxazole rings is 1. The van der Waals surface area contributed by atoms with Crippen LogP contribution in [0.4, 0.5) is 5.69 Å². The van der Waals surface area contributed by atoms with Crippen molar-refractivity contribution in [1.82, 2.24) is 9.88 Å². The third kappa shape index (κ3) is 2.90. The van der Waals surface area contributed by atoms with Crippen LogP contribution < -0.4 is 5.73 Å². The quantitative estimate of drug-likeness (QED) is 0.831. The van der Waals surface area contributed by atoms with Crippen LogP contribution in [0, 0.1) is 0 Å². The predicted octanol–water partition coefficient (Wildman–Crippen LogP) is 0.662. The first-order chi connectivity index (χ1) is 9.29. The van der Waals surface area contributed by atoms with Crippen LogP contribution in [0.25, 0.3) is 11.1 Å². The smallest absolute Gasteiger partial charge is 0.316 e. The number of carbonyl (C=O) groups is 1. The van der Waals surface area contributed by atoms with Gasteiger partial charge in [-0.25, -0.2) is 8.42 Å². The van der Waals surface area contributed by atoms with Crippen LogP contribution in [0.2, 0.25) is 0 Å². The molecule has 7 nitrogen and oxygen atoms in total. The van der Waals surface area contributed by atoms with Crippen molar-refractivity contribution in [2.45, 2.75) is 11.6 Å². The number of sulfone groups is 1. The van der Waals surface area contributed by atoms with Gasteiger partial charge in [-0.15, -0.1) is 0 Å². The van der Waals surface area contributed by atoms with Gasteiger partial charge in [0.25, 0.3) is 0 Å². The normalized spacial score (nSPS) is 11.7. The summed E-state index contributed by atoms with van der Waals surface area (Å²) in [6, 6.07) is 4.68. The first-order valence-corrected chi connectivity index (χ1v) is 7.54. The lowest BCUT2D eigenvalue weighted by molar-refractivity contribution is -0.128. The molecule has 0 aliphatic carbocycles. The number of nitrogens with zero attached hydrogens (tertiary/aromatic N) is 2. The highest BCUT2D eigenvalue weighted by Crippen LogP contribution is 2.22. The number of carbonyl (C=O) groups excluding carboxylic acids is 1. The maximum Gasteiger partial charge on any atom is 0.316 e. The molecule has 2 N–H and O–H groups in total. The highest BCUT2D eigenvalue weighted by atomic mass is 32.2. The molecule has 0 bridgehead atoms. The Morgan fingerprint density at radius 2 is 2.10 bits per heavy atom. The van der Waals surface area contributed by atoms with Gasteiger partial charge in [0.05, 0.1) is 5.75 Å². The zero-order valence-corrected chi connectivity index (χ0v) is 12.0. The summed E-state index contributed by atoms with van der Waals surface area (Å²) in [6.07, 6.45) is -0.115. The molecule has 1 aromatic carbocycles. The van der Waals surface area contributed by atoms with E-state index in [2.05, 4.69) is 4.98 Å². The Morgan fingerprint density at radius 1 is 1.40 bits per heavy atom. The highest BCUT2D eigenvalue weighted by molar-refractivity contribution is 7.91. The van der Waals surface area contributed by atoms with Crippen LogP contribution in [0.1, 0.15) is 6.42 Å². The Kier molecular flexibility index (Phi) is 3.67. The van der Waals surface area contributed by atoms with Crippen molar-refractivity contribution >= 4 is 32.5 Å². The average Bonchev–Trinajstić information content (AvgIpc) is 2.79. The van der Waals surface area contributed by atoms with Crippen molar-refractivity contribution in [3.05, 3.63) is 18.2 Å². The molecule has 2 rings (SSSR count). The Labute approximate surface area is 116 Å². The molecule has 20 heavy (non-hydrogen) atoms. The molecular formula is C12H15N3O4S. The molecule has 0 atom stereocenters. The van der Waals surface area contributed by atoms with Gasteiger partial charge in [0.2, 0.25) is 15.7 Å². The number of anilines is 1. The minimum absolute atomic E-state index is 0.115. The largest absolute Gasteiger partial charge is 0.428 e. The Bertz CT molecular complexity index is 749. The zero-order valence-electron chi connectivity index (χ0n) is 11.2. The van der Waals surface area contributed by atoms with Crippen LogP contribution in [-0.2, 0) is 14.6 Å². The fraction of sp³-hybridized carbons (Fsp3) is 0.333. The highest BCUT2D eigenvalue weighted by Gasteiger charge is 2.23. The van der Waals surface area contributed by atoms with Crippen molar-refractivity contribution in [3.8, 4) is 0 Å². The number of hydrogen-bond donors (Lipinski definition) is 1. The van der Waals surface area contributed by atoms with Crippen molar-refractivity contribution < 1.29 is 17.6 Å². The molecular weight excluding hydrogens is 282 g/mol. The maximum absolute atomic E-state index is 12.1. The molecule has 1 aromatic heterocycles. The van der Waals surface area contributed by atoms with Gasteiger partial charge in [-0.05, 0) is 18.2 Å². The van der Waals surface area contributed by atoms with Gasteiger partial charge in [-0.2, -0.15) is 4.98 Å². The fourth-order valence-corrected chi connectivity index (χ4v) is 2.66. The van der Waals surface area contributed by atoms with E-state index in [0.717, 1.165) is 0 Å². The molecule has 0 spiro atoms. The summed E-state index contributed by atoms with van der Waals surface area (Å²) in [7, 11) is -0.596. The third-order valence-electron chi connectivity index (χ3n) is 2.74. The molecule has 0 aliphatic rings. The second kappa shape index (κ2) is 5.12. The van der Waals surface area contributed by atoms with Crippen molar-refractivity contribution in [1.29, 1.82) is 0 Å². The van der Waals surface area contributed by atoms with E-state index < -0.39 is 9.84 Å². The topological polar surface area (TPSA) is 106 Å². The Balaban J connectivity index is 2.25. The molecule has 0 unspecified atom stereocenters. The van der Waals surface area contributed by atoms with E-state index in [-0.39, 0.29) is 23.3 Å². The summed E-state index contributed by atoms with van der Waals surface area (Å²) in [4.78, 5) is 16.7. The van der Waals surface area contributed by atoms with E-state index in [1.54, 1.807) is 26.2 Å². The number of aromatic nitrogens is 1. The lowest BCUT2D eigenvalue weighted by atomic mass is 10.3. The number of fused-ring (bicyclic) bond motifs is 1. The molecule has 1 amide bonds. The number of amides is 1. The number of hydrogen-bond acceptors (Lipinski definition) is 6. The molecule has 0 aliphatic heterocycles. The first kappa shape index (κ1) is 14.3. The minimum atomic E-state index is -3.73. The summed E-state index contributed by atoms with van der Waals surface area (Å²) >= 11 is 0. The average molecular weight is 297 g/mol. The Morgan fingerprint density at radius 3 is 2.75 bits per heavy atom. The number of benzene rings is 1. The molecule has 0 saturated carbocycles. The number of nitrogens with two attached hydrogens (primary N) is 1. The molecule has 0 saturated heterocycles. The summed E-state index contributed by atoms with van der Waals surface area (Å²) in [5, 5.41) is -0.385. The fourth-order valence-electron chi connectivity index (χ4n) is 1.59. The van der Waals surface area contributed by atoms with Crippen molar-refractivity contribution in [2.24, 2.45) is 0 Å². The summed E-state index contributed by atoms with van der Waals surface area (Å²) in [5.74, 6) is -0.610. The molecule has 0 fully saturated rings. The summed E-state index contributed by atoms with van der Waals surface area (Å²) in [5.41, 5.74) is 6.78. The molecule has 1 heterocycles. The second-order valence-electron chi connectivity index (χ2n) is 4.56. The van der Waals surface area contributed by atoms with Crippen LogP contribution >= 0.6 is 0 Å². The lowest BCUT2D eigenvalue weighted by Crippen LogP contribution is -2.24. The van der Waals surface area contributed by atoms with E-state index in [1.165, 1.54) is 11.0 Å². The van der Waals surface area contributed by atoms with Gasteiger partial charge < -0.3 is 15.1 Å². The SMILES string of the molecule is CN(C)C(=O)CCS(=O)(=O)c1nc2cc(N)ccc2o1. The van der Waals surface area contributed by atoms with E-state index in [0.29, 0.717) is 16.8 Å². The molecule has 2 aromatic rings. The summed E-state index contributed by atoms with van der Waals surface area (Å²) < 4.78 is 29.3. The van der Waals surface area contributed by atoms with Crippen molar-refractivity contribution in [2.75, 3.05) is 25.6 Å². The van der Waals surface area contributed by atoms with E-state index in [4.69, 9.17) is 10.2 Å². The van der Waals surface area contributed by atoms with Crippen LogP contribution in [0.3, 0.4) is 0 Å². The van der Waals surface area contributed by atoms with Gasteiger partial charge in [0, 0.05) is 26.2 Å². The van der Waals surface area contributed by atoms with Gasteiger partial charge in [0.15, 0.2) is 5.58 Å².